The lowest BCUT2D eigenvalue weighted by Crippen LogP contribution is -2.38. The maximum absolute atomic E-state index is 13.0. The first-order valence-corrected chi connectivity index (χ1v) is 12.6. The largest absolute Gasteiger partial charge is 0.350 e. The van der Waals surface area contributed by atoms with Crippen molar-refractivity contribution in [2.45, 2.75) is 56.5 Å². The van der Waals surface area contributed by atoms with Gasteiger partial charge in [-0.15, -0.1) is 0 Å². The SMILES string of the molecule is Cc1nc2ccccc2n1CCNC(=O)c1ccc(S(=O)(=O)N(C)C2CCCCC2)cc1. The molecule has 1 fully saturated rings. The van der Waals surface area contributed by atoms with Gasteiger partial charge in [0.1, 0.15) is 5.82 Å². The van der Waals surface area contributed by atoms with Crippen molar-refractivity contribution in [1.29, 1.82) is 0 Å². The molecule has 1 aromatic heterocycles. The molecule has 2 aromatic carbocycles. The van der Waals surface area contributed by atoms with Crippen LogP contribution < -0.4 is 5.32 Å². The first kappa shape index (κ1) is 22.5. The Balaban J connectivity index is 1.38. The van der Waals surface area contributed by atoms with E-state index in [0.717, 1.165) is 42.5 Å². The maximum atomic E-state index is 13.0. The van der Waals surface area contributed by atoms with Crippen molar-refractivity contribution >= 4 is 27.0 Å². The number of imidazole rings is 1. The van der Waals surface area contributed by atoms with Crippen LogP contribution in [0.25, 0.3) is 11.0 Å². The van der Waals surface area contributed by atoms with E-state index in [0.29, 0.717) is 18.7 Å². The third-order valence-corrected chi connectivity index (χ3v) is 8.27. The Labute approximate surface area is 189 Å². The molecule has 3 aromatic rings. The number of nitrogens with zero attached hydrogens (tertiary/aromatic N) is 3. The minimum absolute atomic E-state index is 0.0550. The number of hydrogen-bond acceptors (Lipinski definition) is 4. The molecule has 1 N–H and O–H groups in total. The van der Waals surface area contributed by atoms with Crippen LogP contribution in [0.2, 0.25) is 0 Å². The monoisotopic (exact) mass is 454 g/mol. The van der Waals surface area contributed by atoms with E-state index < -0.39 is 10.0 Å². The first-order chi connectivity index (χ1) is 15.4. The van der Waals surface area contributed by atoms with Crippen LogP contribution >= 0.6 is 0 Å². The second-order valence-electron chi connectivity index (χ2n) is 8.39. The van der Waals surface area contributed by atoms with E-state index in [1.54, 1.807) is 19.2 Å². The Hall–Kier alpha value is -2.71. The van der Waals surface area contributed by atoms with Gasteiger partial charge in [0.2, 0.25) is 10.0 Å². The number of carbonyl (C=O) groups excluding carboxylic acids is 1. The topological polar surface area (TPSA) is 84.3 Å². The molecule has 4 rings (SSSR count). The molecule has 1 saturated carbocycles. The number of fused-ring (bicyclic) bond motifs is 1. The Morgan fingerprint density at radius 2 is 1.78 bits per heavy atom. The Bertz CT molecular complexity index is 1200. The number of benzene rings is 2. The van der Waals surface area contributed by atoms with Gasteiger partial charge < -0.3 is 9.88 Å². The van der Waals surface area contributed by atoms with Crippen molar-refractivity contribution in [3.63, 3.8) is 0 Å². The summed E-state index contributed by atoms with van der Waals surface area (Å²) in [4.78, 5) is 17.3. The first-order valence-electron chi connectivity index (χ1n) is 11.2. The van der Waals surface area contributed by atoms with Gasteiger partial charge in [0.05, 0.1) is 15.9 Å². The predicted octanol–water partition coefficient (Wildman–Crippen LogP) is 3.73. The van der Waals surface area contributed by atoms with Crippen LogP contribution in [0.4, 0.5) is 0 Å². The molecule has 32 heavy (non-hydrogen) atoms. The van der Waals surface area contributed by atoms with Crippen LogP contribution in [0.3, 0.4) is 0 Å². The van der Waals surface area contributed by atoms with Gasteiger partial charge in [-0.3, -0.25) is 4.79 Å². The number of aromatic nitrogens is 2. The van der Waals surface area contributed by atoms with Crippen LogP contribution in [-0.2, 0) is 16.6 Å². The molecule has 0 saturated heterocycles. The second-order valence-corrected chi connectivity index (χ2v) is 10.4. The van der Waals surface area contributed by atoms with Crippen molar-refractivity contribution in [3.05, 3.63) is 59.9 Å². The second kappa shape index (κ2) is 9.42. The summed E-state index contributed by atoms with van der Waals surface area (Å²) >= 11 is 0. The standard InChI is InChI=1S/C24H30N4O3S/c1-18-26-22-10-6-7-11-23(22)28(18)17-16-25-24(29)19-12-14-21(15-13-19)32(30,31)27(2)20-8-4-3-5-9-20/h6-7,10-15,20H,3-5,8-9,16-17H2,1-2H3,(H,25,29). The highest BCUT2D eigenvalue weighted by Crippen LogP contribution is 2.26. The summed E-state index contributed by atoms with van der Waals surface area (Å²) in [6.45, 7) is 3.01. The van der Waals surface area contributed by atoms with E-state index in [4.69, 9.17) is 0 Å². The smallest absolute Gasteiger partial charge is 0.251 e. The van der Waals surface area contributed by atoms with Crippen LogP contribution in [0.1, 0.15) is 48.3 Å². The van der Waals surface area contributed by atoms with E-state index in [2.05, 4.69) is 14.9 Å². The minimum atomic E-state index is -3.56. The molecule has 0 unspecified atom stereocenters. The van der Waals surface area contributed by atoms with Crippen molar-refractivity contribution in [1.82, 2.24) is 19.2 Å². The summed E-state index contributed by atoms with van der Waals surface area (Å²) in [6.07, 6.45) is 5.12. The maximum Gasteiger partial charge on any atom is 0.251 e. The lowest BCUT2D eigenvalue weighted by Gasteiger charge is -2.30. The number of nitrogens with one attached hydrogen (secondary N) is 1. The number of hydrogen-bond donors (Lipinski definition) is 1. The lowest BCUT2D eigenvalue weighted by atomic mass is 9.96. The molecule has 8 heteroatoms. The van der Waals surface area contributed by atoms with E-state index in [-0.39, 0.29) is 16.8 Å². The van der Waals surface area contributed by atoms with Gasteiger partial charge in [-0.25, -0.2) is 13.4 Å². The minimum Gasteiger partial charge on any atom is -0.350 e. The molecule has 1 aliphatic rings. The lowest BCUT2D eigenvalue weighted by molar-refractivity contribution is 0.0952. The van der Waals surface area contributed by atoms with Gasteiger partial charge in [-0.2, -0.15) is 4.31 Å². The van der Waals surface area contributed by atoms with Crippen LogP contribution in [-0.4, -0.2) is 47.8 Å². The number of carbonyl (C=O) groups is 1. The number of para-hydroxylation sites is 2. The molecule has 0 bridgehead atoms. The molecule has 1 amide bonds. The van der Waals surface area contributed by atoms with E-state index in [1.807, 2.05) is 31.2 Å². The predicted molar refractivity (Wildman–Crippen MR) is 125 cm³/mol. The van der Waals surface area contributed by atoms with Crippen molar-refractivity contribution in [3.8, 4) is 0 Å². The normalized spacial score (nSPS) is 15.3. The van der Waals surface area contributed by atoms with Crippen LogP contribution in [0.5, 0.6) is 0 Å². The molecular weight excluding hydrogens is 424 g/mol. The van der Waals surface area contributed by atoms with E-state index in [1.165, 1.54) is 22.9 Å². The summed E-state index contributed by atoms with van der Waals surface area (Å²) in [7, 11) is -1.90. The third-order valence-electron chi connectivity index (χ3n) is 6.35. The average molecular weight is 455 g/mol. The zero-order valence-electron chi connectivity index (χ0n) is 18.6. The van der Waals surface area contributed by atoms with Gasteiger partial charge in [-0.1, -0.05) is 31.4 Å². The summed E-state index contributed by atoms with van der Waals surface area (Å²) in [5.41, 5.74) is 2.42. The van der Waals surface area contributed by atoms with Crippen LogP contribution in [0.15, 0.2) is 53.4 Å². The van der Waals surface area contributed by atoms with Crippen LogP contribution in [0, 0.1) is 6.92 Å². The quantitative estimate of drug-likeness (QED) is 0.590. The third kappa shape index (κ3) is 4.56. The average Bonchev–Trinajstić information content (AvgIpc) is 3.14. The Morgan fingerprint density at radius 1 is 1.09 bits per heavy atom. The molecule has 0 atom stereocenters. The van der Waals surface area contributed by atoms with Gasteiger partial charge >= 0.3 is 0 Å². The summed E-state index contributed by atoms with van der Waals surface area (Å²) < 4.78 is 29.5. The fraction of sp³-hybridized carbons (Fsp3) is 0.417. The highest BCUT2D eigenvalue weighted by atomic mass is 32.2. The highest BCUT2D eigenvalue weighted by Gasteiger charge is 2.29. The van der Waals surface area contributed by atoms with Crippen molar-refractivity contribution < 1.29 is 13.2 Å². The van der Waals surface area contributed by atoms with E-state index >= 15 is 0 Å². The summed E-state index contributed by atoms with van der Waals surface area (Å²) in [5, 5.41) is 2.91. The zero-order chi connectivity index (χ0) is 22.7. The van der Waals surface area contributed by atoms with Crippen molar-refractivity contribution in [2.24, 2.45) is 0 Å². The van der Waals surface area contributed by atoms with Crippen molar-refractivity contribution in [2.75, 3.05) is 13.6 Å². The Kier molecular flexibility index (Phi) is 6.62. The van der Waals surface area contributed by atoms with E-state index in [9.17, 15) is 13.2 Å². The molecule has 0 spiro atoms. The number of aryl methyl sites for hydroxylation is 1. The molecular formula is C24H30N4O3S. The number of amides is 1. The fourth-order valence-electron chi connectivity index (χ4n) is 4.45. The van der Waals surface area contributed by atoms with Gasteiger partial charge in [-0.05, 0) is 56.2 Å². The molecule has 7 nitrogen and oxygen atoms in total. The van der Waals surface area contributed by atoms with Gasteiger partial charge in [0.15, 0.2) is 0 Å². The zero-order valence-corrected chi connectivity index (χ0v) is 19.4. The molecule has 170 valence electrons. The molecule has 0 aliphatic heterocycles. The molecule has 1 aliphatic carbocycles. The highest BCUT2D eigenvalue weighted by molar-refractivity contribution is 7.89. The summed E-state index contributed by atoms with van der Waals surface area (Å²) in [6, 6.07) is 14.2. The summed E-state index contributed by atoms with van der Waals surface area (Å²) in [5.74, 6) is 0.675. The van der Waals surface area contributed by atoms with Gasteiger partial charge in [0, 0.05) is 31.7 Å². The molecule has 1 heterocycles. The van der Waals surface area contributed by atoms with Gasteiger partial charge in [0.25, 0.3) is 5.91 Å². The number of sulfonamides is 1. The Morgan fingerprint density at radius 3 is 2.50 bits per heavy atom. The fourth-order valence-corrected chi connectivity index (χ4v) is 5.86. The number of rotatable bonds is 7. The molecule has 0 radical (unpaired) electrons.